The number of aryl methyl sites for hydroxylation is 1. The van der Waals surface area contributed by atoms with Crippen molar-refractivity contribution in [1.82, 2.24) is 20.1 Å². The first kappa shape index (κ1) is 16.6. The van der Waals surface area contributed by atoms with Gasteiger partial charge in [-0.05, 0) is 57.5 Å². The van der Waals surface area contributed by atoms with Gasteiger partial charge in [-0.1, -0.05) is 12.5 Å². The van der Waals surface area contributed by atoms with Gasteiger partial charge in [-0.2, -0.15) is 5.10 Å². The minimum atomic E-state index is 0.0157. The Morgan fingerprint density at radius 1 is 1.29 bits per heavy atom. The van der Waals surface area contributed by atoms with Gasteiger partial charge >= 0.3 is 0 Å². The first-order chi connectivity index (χ1) is 11.7. The molecule has 3 heterocycles. The van der Waals surface area contributed by atoms with Crippen LogP contribution in [0.15, 0.2) is 24.4 Å². The smallest absolute Gasteiger partial charge is 0.225 e. The molecular weight excluding hydrogens is 302 g/mol. The van der Waals surface area contributed by atoms with Gasteiger partial charge in [0.2, 0.25) is 5.91 Å². The van der Waals surface area contributed by atoms with Gasteiger partial charge in [-0.25, -0.2) is 0 Å². The maximum Gasteiger partial charge on any atom is 0.225 e. The zero-order chi connectivity index (χ0) is 16.8. The summed E-state index contributed by atoms with van der Waals surface area (Å²) in [7, 11) is 0. The topological polar surface area (TPSA) is 73.9 Å². The summed E-state index contributed by atoms with van der Waals surface area (Å²) >= 11 is 0. The number of nitrogens with one attached hydrogen (secondary N) is 2. The molecule has 0 saturated carbocycles. The molecule has 0 radical (unpaired) electrons. The van der Waals surface area contributed by atoms with E-state index in [2.05, 4.69) is 25.4 Å². The van der Waals surface area contributed by atoms with E-state index in [1.54, 1.807) is 0 Å². The van der Waals surface area contributed by atoms with Crippen LogP contribution in [-0.4, -0.2) is 45.6 Å². The van der Waals surface area contributed by atoms with Crippen molar-refractivity contribution in [3.63, 3.8) is 0 Å². The number of nitrogens with zero attached hydrogens (tertiary/aromatic N) is 3. The van der Waals surface area contributed by atoms with Crippen LogP contribution in [0.2, 0.25) is 0 Å². The number of amides is 1. The molecule has 2 aromatic heterocycles. The number of hydrogen-bond acceptors (Lipinski definition) is 4. The fraction of sp³-hybridized carbons (Fsp3) is 0.500. The van der Waals surface area contributed by atoms with Crippen LogP contribution in [0.4, 0.5) is 5.82 Å². The van der Waals surface area contributed by atoms with E-state index in [0.29, 0.717) is 12.2 Å². The lowest BCUT2D eigenvalue weighted by atomic mass is 10.1. The highest BCUT2D eigenvalue weighted by Gasteiger charge is 2.11. The summed E-state index contributed by atoms with van der Waals surface area (Å²) in [6.45, 7) is 5.35. The average molecular weight is 327 g/mol. The van der Waals surface area contributed by atoms with Crippen LogP contribution in [0.5, 0.6) is 0 Å². The number of H-pyrrole nitrogens is 1. The molecule has 1 fully saturated rings. The van der Waals surface area contributed by atoms with Crippen molar-refractivity contribution in [1.29, 1.82) is 0 Å². The lowest BCUT2D eigenvalue weighted by Crippen LogP contribution is -2.31. The van der Waals surface area contributed by atoms with E-state index >= 15 is 0 Å². The van der Waals surface area contributed by atoms with E-state index in [-0.39, 0.29) is 5.91 Å². The van der Waals surface area contributed by atoms with Crippen LogP contribution in [0.25, 0.3) is 11.4 Å². The number of rotatable bonds is 6. The molecule has 1 amide bonds. The largest absolute Gasteiger partial charge is 0.309 e. The van der Waals surface area contributed by atoms with Gasteiger partial charge < -0.3 is 10.2 Å². The molecule has 0 spiro atoms. The Kier molecular flexibility index (Phi) is 5.59. The standard InChI is InChI=1S/C18H25N5O/c1-14-7-8-15(19-13-14)16-12-17(22-21-16)20-18(24)6-5-11-23-9-3-2-4-10-23/h7-8,12-13H,2-6,9-11H2,1H3,(H2,20,21,22,24). The van der Waals surface area contributed by atoms with E-state index in [9.17, 15) is 4.79 Å². The fourth-order valence-electron chi connectivity index (χ4n) is 3.00. The number of aromatic nitrogens is 3. The van der Waals surface area contributed by atoms with Gasteiger partial charge in [0.15, 0.2) is 5.82 Å². The van der Waals surface area contributed by atoms with Crippen molar-refractivity contribution in [3.05, 3.63) is 30.0 Å². The molecule has 0 atom stereocenters. The molecule has 2 aromatic rings. The Bertz CT molecular complexity index is 658. The molecule has 3 rings (SSSR count). The van der Waals surface area contributed by atoms with Gasteiger partial charge in [0, 0.05) is 18.7 Å². The maximum atomic E-state index is 12.0. The number of likely N-dealkylation sites (tertiary alicyclic amines) is 1. The van der Waals surface area contributed by atoms with Gasteiger partial charge in [-0.3, -0.25) is 14.9 Å². The minimum absolute atomic E-state index is 0.0157. The lowest BCUT2D eigenvalue weighted by Gasteiger charge is -2.26. The Hall–Kier alpha value is -2.21. The molecule has 1 saturated heterocycles. The summed E-state index contributed by atoms with van der Waals surface area (Å²) < 4.78 is 0. The first-order valence-electron chi connectivity index (χ1n) is 8.71. The number of carbonyl (C=O) groups is 1. The van der Waals surface area contributed by atoms with Crippen molar-refractivity contribution in [2.45, 2.75) is 39.0 Å². The molecule has 0 bridgehead atoms. The third-order valence-corrected chi connectivity index (χ3v) is 4.36. The predicted molar refractivity (Wildman–Crippen MR) is 94.7 cm³/mol. The summed E-state index contributed by atoms with van der Waals surface area (Å²) in [5.41, 5.74) is 2.73. The van der Waals surface area contributed by atoms with Gasteiger partial charge in [0.25, 0.3) is 0 Å². The van der Waals surface area contributed by atoms with Gasteiger partial charge in [0.1, 0.15) is 0 Å². The Balaban J connectivity index is 1.45. The molecule has 6 nitrogen and oxygen atoms in total. The first-order valence-corrected chi connectivity index (χ1v) is 8.71. The Labute approximate surface area is 142 Å². The number of aromatic amines is 1. The van der Waals surface area contributed by atoms with E-state index in [4.69, 9.17) is 0 Å². The highest BCUT2D eigenvalue weighted by atomic mass is 16.1. The van der Waals surface area contributed by atoms with Crippen LogP contribution < -0.4 is 5.32 Å². The number of carbonyl (C=O) groups excluding carboxylic acids is 1. The molecule has 1 aliphatic rings. The van der Waals surface area contributed by atoms with Crippen LogP contribution in [0.1, 0.15) is 37.7 Å². The van der Waals surface area contributed by atoms with Crippen molar-refractivity contribution in [2.75, 3.05) is 25.0 Å². The van der Waals surface area contributed by atoms with Crippen LogP contribution in [-0.2, 0) is 4.79 Å². The van der Waals surface area contributed by atoms with Gasteiger partial charge in [0.05, 0.1) is 11.4 Å². The van der Waals surface area contributed by atoms with Crippen molar-refractivity contribution in [3.8, 4) is 11.4 Å². The summed E-state index contributed by atoms with van der Waals surface area (Å²) in [5.74, 6) is 0.567. The molecule has 0 aliphatic carbocycles. The molecule has 1 aliphatic heterocycles. The zero-order valence-electron chi connectivity index (χ0n) is 14.2. The molecular formula is C18H25N5O. The third kappa shape index (κ3) is 4.64. The molecule has 0 aromatic carbocycles. The highest BCUT2D eigenvalue weighted by molar-refractivity contribution is 5.90. The van der Waals surface area contributed by atoms with Crippen molar-refractivity contribution < 1.29 is 4.79 Å². The predicted octanol–water partition coefficient (Wildman–Crippen LogP) is 2.98. The van der Waals surface area contributed by atoms with E-state index < -0.39 is 0 Å². The van der Waals surface area contributed by atoms with E-state index in [0.717, 1.165) is 29.9 Å². The van der Waals surface area contributed by atoms with Gasteiger partial charge in [-0.15, -0.1) is 0 Å². The summed E-state index contributed by atoms with van der Waals surface area (Å²) in [6, 6.07) is 5.76. The number of piperidine rings is 1. The quantitative estimate of drug-likeness (QED) is 0.855. The zero-order valence-corrected chi connectivity index (χ0v) is 14.2. The van der Waals surface area contributed by atoms with Crippen LogP contribution >= 0.6 is 0 Å². The van der Waals surface area contributed by atoms with E-state index in [1.165, 1.54) is 32.4 Å². The Morgan fingerprint density at radius 3 is 2.88 bits per heavy atom. The highest BCUT2D eigenvalue weighted by Crippen LogP contribution is 2.18. The number of anilines is 1. The van der Waals surface area contributed by atoms with E-state index in [1.807, 2.05) is 31.3 Å². The second kappa shape index (κ2) is 8.06. The molecule has 2 N–H and O–H groups in total. The Morgan fingerprint density at radius 2 is 2.12 bits per heavy atom. The summed E-state index contributed by atoms with van der Waals surface area (Å²) in [4.78, 5) is 18.8. The normalized spacial score (nSPS) is 15.4. The third-order valence-electron chi connectivity index (χ3n) is 4.36. The van der Waals surface area contributed by atoms with Crippen molar-refractivity contribution in [2.24, 2.45) is 0 Å². The lowest BCUT2D eigenvalue weighted by molar-refractivity contribution is -0.116. The second-order valence-electron chi connectivity index (χ2n) is 6.44. The van der Waals surface area contributed by atoms with Crippen LogP contribution in [0, 0.1) is 6.92 Å². The van der Waals surface area contributed by atoms with Crippen molar-refractivity contribution >= 4 is 11.7 Å². The monoisotopic (exact) mass is 327 g/mol. The molecule has 24 heavy (non-hydrogen) atoms. The fourth-order valence-corrected chi connectivity index (χ4v) is 3.00. The van der Waals surface area contributed by atoms with Crippen LogP contribution in [0.3, 0.4) is 0 Å². The minimum Gasteiger partial charge on any atom is -0.309 e. The molecule has 0 unspecified atom stereocenters. The number of hydrogen-bond donors (Lipinski definition) is 2. The average Bonchev–Trinajstić information content (AvgIpc) is 3.05. The summed E-state index contributed by atoms with van der Waals surface area (Å²) in [6.07, 6.45) is 7.15. The SMILES string of the molecule is Cc1ccc(-c2cc(NC(=O)CCCN3CCCCC3)n[nH]2)nc1. The molecule has 6 heteroatoms. The summed E-state index contributed by atoms with van der Waals surface area (Å²) in [5, 5.41) is 9.92. The second-order valence-corrected chi connectivity index (χ2v) is 6.44. The maximum absolute atomic E-state index is 12.0. The number of pyridine rings is 1. The molecule has 128 valence electrons.